The van der Waals surface area contributed by atoms with Crippen molar-refractivity contribution in [2.75, 3.05) is 18.1 Å². The fourth-order valence-electron chi connectivity index (χ4n) is 2.53. The van der Waals surface area contributed by atoms with Crippen LogP contribution in [0.15, 0.2) is 30.3 Å². The van der Waals surface area contributed by atoms with E-state index in [2.05, 4.69) is 0 Å². The molecule has 0 atom stereocenters. The summed E-state index contributed by atoms with van der Waals surface area (Å²) >= 11 is 18.0. The fourth-order valence-corrected chi connectivity index (χ4v) is 3.24. The number of fused-ring (bicyclic) bond motifs is 1. The van der Waals surface area contributed by atoms with Crippen molar-refractivity contribution >= 4 is 52.2 Å². The summed E-state index contributed by atoms with van der Waals surface area (Å²) < 4.78 is 5.63. The molecule has 0 radical (unpaired) electrons. The molecule has 3 rings (SSSR count). The number of amides is 1. The van der Waals surface area contributed by atoms with E-state index in [1.807, 2.05) is 6.92 Å². The van der Waals surface area contributed by atoms with Gasteiger partial charge in [0, 0.05) is 10.0 Å². The van der Waals surface area contributed by atoms with E-state index in [0.717, 1.165) is 5.56 Å². The molecule has 0 spiro atoms. The molecule has 0 saturated carbocycles. The van der Waals surface area contributed by atoms with Crippen molar-refractivity contribution in [3.05, 3.63) is 56.5 Å². The molecule has 0 N–H and O–H groups in total. The van der Waals surface area contributed by atoms with E-state index in [1.54, 1.807) is 18.2 Å². The normalized spacial score (nSPS) is 13.4. The van der Waals surface area contributed by atoms with E-state index in [0.29, 0.717) is 21.5 Å². The number of benzene rings is 2. The number of anilines is 1. The van der Waals surface area contributed by atoms with Crippen molar-refractivity contribution in [3.63, 3.8) is 0 Å². The lowest BCUT2D eigenvalue weighted by Crippen LogP contribution is -2.33. The molecule has 2 aromatic carbocycles. The van der Waals surface area contributed by atoms with E-state index in [-0.39, 0.29) is 23.7 Å². The highest BCUT2D eigenvalue weighted by Crippen LogP contribution is 2.38. The summed E-state index contributed by atoms with van der Waals surface area (Å²) in [5.41, 5.74) is 1.50. The molecule has 7 heteroatoms. The number of aryl methyl sites for hydroxylation is 1. The Kier molecular flexibility index (Phi) is 4.72. The van der Waals surface area contributed by atoms with Gasteiger partial charge in [-0.15, -0.1) is 0 Å². The molecule has 0 aromatic heterocycles. The number of hydrogen-bond donors (Lipinski definition) is 0. The van der Waals surface area contributed by atoms with Gasteiger partial charge >= 0.3 is 0 Å². The number of ether oxygens (including phenoxy) is 1. The average molecular weight is 385 g/mol. The first kappa shape index (κ1) is 17.1. The van der Waals surface area contributed by atoms with E-state index in [9.17, 15) is 9.59 Å². The van der Waals surface area contributed by atoms with Crippen LogP contribution in [-0.2, 0) is 4.79 Å². The fraction of sp³-hybridized carbons (Fsp3) is 0.176. The first-order chi connectivity index (χ1) is 11.4. The van der Waals surface area contributed by atoms with Crippen LogP contribution < -0.4 is 9.64 Å². The minimum atomic E-state index is -0.634. The average Bonchev–Trinajstić information content (AvgIpc) is 2.76. The van der Waals surface area contributed by atoms with Crippen molar-refractivity contribution in [3.8, 4) is 5.75 Å². The Hall–Kier alpha value is -1.75. The van der Waals surface area contributed by atoms with Gasteiger partial charge in [0.05, 0.1) is 22.8 Å². The Morgan fingerprint density at radius 1 is 1.04 bits per heavy atom. The summed E-state index contributed by atoms with van der Waals surface area (Å²) in [7, 11) is 0. The highest BCUT2D eigenvalue weighted by molar-refractivity contribution is 6.54. The second-order valence-corrected chi connectivity index (χ2v) is 6.58. The molecular formula is C17H12Cl3NO3. The molecule has 1 heterocycles. The zero-order valence-corrected chi connectivity index (χ0v) is 14.9. The monoisotopic (exact) mass is 383 g/mol. The van der Waals surface area contributed by atoms with Crippen LogP contribution in [0.3, 0.4) is 0 Å². The molecule has 0 bridgehead atoms. The van der Waals surface area contributed by atoms with Gasteiger partial charge in [-0.1, -0.05) is 34.8 Å². The number of carbonyl (C=O) groups excluding carboxylic acids is 2. The van der Waals surface area contributed by atoms with Gasteiger partial charge in [0.1, 0.15) is 12.4 Å². The Morgan fingerprint density at radius 3 is 2.50 bits per heavy atom. The third-order valence-electron chi connectivity index (χ3n) is 3.70. The highest BCUT2D eigenvalue weighted by atomic mass is 35.5. The van der Waals surface area contributed by atoms with Crippen LogP contribution in [0.4, 0.5) is 5.69 Å². The van der Waals surface area contributed by atoms with Gasteiger partial charge in [0.15, 0.2) is 0 Å². The van der Waals surface area contributed by atoms with Gasteiger partial charge in [-0.05, 0) is 42.8 Å². The van der Waals surface area contributed by atoms with Crippen molar-refractivity contribution in [2.45, 2.75) is 6.92 Å². The van der Waals surface area contributed by atoms with E-state index in [1.165, 1.54) is 17.0 Å². The minimum Gasteiger partial charge on any atom is -0.492 e. The quantitative estimate of drug-likeness (QED) is 0.726. The van der Waals surface area contributed by atoms with Crippen LogP contribution in [0.1, 0.15) is 15.9 Å². The number of Topliss-reactive ketones (excluding diaryl/α,β-unsaturated/α-hetero) is 1. The van der Waals surface area contributed by atoms with E-state index in [4.69, 9.17) is 39.5 Å². The van der Waals surface area contributed by atoms with E-state index >= 15 is 0 Å². The molecule has 4 nitrogen and oxygen atoms in total. The summed E-state index contributed by atoms with van der Waals surface area (Å²) in [5, 5.41) is 1.23. The second kappa shape index (κ2) is 6.63. The Balaban J connectivity index is 1.76. The highest BCUT2D eigenvalue weighted by Gasteiger charge is 2.37. The van der Waals surface area contributed by atoms with Crippen LogP contribution in [0.5, 0.6) is 5.75 Å². The number of ketones is 1. The molecule has 0 aliphatic carbocycles. The summed E-state index contributed by atoms with van der Waals surface area (Å²) in [6.07, 6.45) is 0. The van der Waals surface area contributed by atoms with Gasteiger partial charge in [-0.25, -0.2) is 0 Å². The topological polar surface area (TPSA) is 46.6 Å². The standard InChI is InChI=1S/C17H12Cl3NO3/c1-9-6-11(2-3-13(9)19)24-5-4-21-15-12(16(22)17(21)23)7-10(18)8-14(15)20/h2-3,6-8H,4-5H2,1H3. The lowest BCUT2D eigenvalue weighted by molar-refractivity contribution is -0.114. The second-order valence-electron chi connectivity index (χ2n) is 5.33. The third kappa shape index (κ3) is 3.09. The van der Waals surface area contributed by atoms with Crippen LogP contribution in [0.25, 0.3) is 0 Å². The van der Waals surface area contributed by atoms with Gasteiger partial charge < -0.3 is 4.74 Å². The van der Waals surface area contributed by atoms with Crippen molar-refractivity contribution in [2.24, 2.45) is 0 Å². The predicted molar refractivity (Wildman–Crippen MR) is 94.8 cm³/mol. The molecule has 1 aliphatic heterocycles. The maximum absolute atomic E-state index is 12.2. The van der Waals surface area contributed by atoms with Crippen LogP contribution in [-0.4, -0.2) is 24.8 Å². The van der Waals surface area contributed by atoms with Crippen molar-refractivity contribution < 1.29 is 14.3 Å². The number of hydrogen-bond acceptors (Lipinski definition) is 3. The molecule has 24 heavy (non-hydrogen) atoms. The molecule has 1 amide bonds. The number of carbonyl (C=O) groups is 2. The molecule has 1 aliphatic rings. The van der Waals surface area contributed by atoms with Crippen LogP contribution in [0, 0.1) is 6.92 Å². The molecule has 0 saturated heterocycles. The Bertz CT molecular complexity index is 851. The van der Waals surface area contributed by atoms with Gasteiger partial charge in [0.2, 0.25) is 0 Å². The summed E-state index contributed by atoms with van der Waals surface area (Å²) in [4.78, 5) is 25.5. The molecule has 0 fully saturated rings. The third-order valence-corrected chi connectivity index (χ3v) is 4.63. The lowest BCUT2D eigenvalue weighted by atomic mass is 10.1. The first-order valence-corrected chi connectivity index (χ1v) is 8.26. The van der Waals surface area contributed by atoms with Gasteiger partial charge in [-0.2, -0.15) is 0 Å². The first-order valence-electron chi connectivity index (χ1n) is 7.12. The predicted octanol–water partition coefficient (Wildman–Crippen LogP) is 4.56. The molecular weight excluding hydrogens is 373 g/mol. The Labute approximate surface area is 153 Å². The summed E-state index contributed by atoms with van der Waals surface area (Å²) in [6.45, 7) is 2.27. The van der Waals surface area contributed by atoms with Gasteiger partial charge in [-0.3, -0.25) is 14.5 Å². The molecule has 0 unspecified atom stereocenters. The number of nitrogens with zero attached hydrogens (tertiary/aromatic N) is 1. The van der Waals surface area contributed by atoms with Crippen molar-refractivity contribution in [1.29, 1.82) is 0 Å². The van der Waals surface area contributed by atoms with E-state index < -0.39 is 11.7 Å². The van der Waals surface area contributed by atoms with Gasteiger partial charge in [0.25, 0.3) is 11.7 Å². The smallest absolute Gasteiger partial charge is 0.299 e. The SMILES string of the molecule is Cc1cc(OCCN2C(=O)C(=O)c3cc(Cl)cc(Cl)c32)ccc1Cl. The lowest BCUT2D eigenvalue weighted by Gasteiger charge is -2.18. The molecule has 2 aromatic rings. The zero-order valence-electron chi connectivity index (χ0n) is 12.6. The maximum Gasteiger partial charge on any atom is 0.299 e. The van der Waals surface area contributed by atoms with Crippen molar-refractivity contribution in [1.82, 2.24) is 0 Å². The zero-order chi connectivity index (χ0) is 17.4. The summed E-state index contributed by atoms with van der Waals surface area (Å²) in [5.74, 6) is -0.612. The molecule has 124 valence electrons. The largest absolute Gasteiger partial charge is 0.492 e. The maximum atomic E-state index is 12.2. The van der Waals surface area contributed by atoms with Crippen LogP contribution >= 0.6 is 34.8 Å². The minimum absolute atomic E-state index is 0.195. The number of rotatable bonds is 4. The van der Waals surface area contributed by atoms with Crippen LogP contribution in [0.2, 0.25) is 15.1 Å². The number of halogens is 3. The Morgan fingerprint density at radius 2 is 1.79 bits per heavy atom. The summed E-state index contributed by atoms with van der Waals surface area (Å²) in [6, 6.07) is 8.24.